The number of rotatable bonds is 2. The van der Waals surface area contributed by atoms with Gasteiger partial charge >= 0.3 is 0 Å². The summed E-state index contributed by atoms with van der Waals surface area (Å²) in [5, 5.41) is -0.869. The van der Waals surface area contributed by atoms with E-state index < -0.39 is 5.38 Å². The fourth-order valence-electron chi connectivity index (χ4n) is 1.91. The first-order chi connectivity index (χ1) is 6.04. The van der Waals surface area contributed by atoms with Gasteiger partial charge in [-0.3, -0.25) is 9.59 Å². The van der Waals surface area contributed by atoms with Crippen LogP contribution in [0.1, 0.15) is 39.5 Å². The zero-order valence-corrected chi connectivity index (χ0v) is 8.86. The van der Waals surface area contributed by atoms with Crippen LogP contribution < -0.4 is 0 Å². The molecule has 0 saturated heterocycles. The lowest BCUT2D eigenvalue weighted by molar-refractivity contribution is -0.134. The molecule has 74 valence electrons. The lowest BCUT2D eigenvalue weighted by atomic mass is 9.69. The number of Topliss-reactive ketones (excluding diaryl/α,β-unsaturated/α-hetero) is 2. The third kappa shape index (κ3) is 1.93. The number of carbonyl (C=O) groups excluding carboxylic acids is 2. The summed E-state index contributed by atoms with van der Waals surface area (Å²) in [6.07, 6.45) is 2.70. The Morgan fingerprint density at radius 1 is 1.23 bits per heavy atom. The van der Waals surface area contributed by atoms with Gasteiger partial charge in [0, 0.05) is 12.8 Å². The SMILES string of the molecule is CCC1(CC)CC(=O)C(Cl)C(=O)C1. The maximum Gasteiger partial charge on any atom is 0.158 e. The van der Waals surface area contributed by atoms with E-state index in [-0.39, 0.29) is 17.0 Å². The van der Waals surface area contributed by atoms with E-state index in [2.05, 4.69) is 0 Å². The van der Waals surface area contributed by atoms with Gasteiger partial charge in [0.1, 0.15) is 0 Å². The first-order valence-corrected chi connectivity index (χ1v) is 5.18. The lowest BCUT2D eigenvalue weighted by Crippen LogP contribution is -2.40. The predicted molar refractivity (Wildman–Crippen MR) is 51.9 cm³/mol. The summed E-state index contributed by atoms with van der Waals surface area (Å²) in [5.74, 6) is -0.191. The van der Waals surface area contributed by atoms with E-state index in [1.54, 1.807) is 0 Å². The van der Waals surface area contributed by atoms with Gasteiger partial charge in [-0.1, -0.05) is 13.8 Å². The van der Waals surface area contributed by atoms with Crippen molar-refractivity contribution in [1.82, 2.24) is 0 Å². The Morgan fingerprint density at radius 3 is 1.92 bits per heavy atom. The molecule has 3 heteroatoms. The number of ketones is 2. The minimum atomic E-state index is -0.869. The second kappa shape index (κ2) is 3.79. The number of alkyl halides is 1. The molecule has 0 heterocycles. The molecule has 0 radical (unpaired) electrons. The summed E-state index contributed by atoms with van der Waals surface area (Å²) in [5.41, 5.74) is -0.0977. The average Bonchev–Trinajstić information content (AvgIpc) is 2.13. The lowest BCUT2D eigenvalue weighted by Gasteiger charge is -2.35. The molecule has 0 bridgehead atoms. The third-order valence-electron chi connectivity index (χ3n) is 3.16. The van der Waals surface area contributed by atoms with Crippen molar-refractivity contribution in [3.8, 4) is 0 Å². The highest BCUT2D eigenvalue weighted by Gasteiger charge is 2.41. The van der Waals surface area contributed by atoms with Crippen LogP contribution in [0, 0.1) is 5.41 Å². The summed E-state index contributed by atoms with van der Waals surface area (Å²) in [6, 6.07) is 0. The summed E-state index contributed by atoms with van der Waals surface area (Å²) in [7, 11) is 0. The Kier molecular flexibility index (Phi) is 3.12. The van der Waals surface area contributed by atoms with Crippen LogP contribution in [0.3, 0.4) is 0 Å². The van der Waals surface area contributed by atoms with Crippen molar-refractivity contribution in [2.75, 3.05) is 0 Å². The van der Waals surface area contributed by atoms with E-state index in [4.69, 9.17) is 11.6 Å². The quantitative estimate of drug-likeness (QED) is 0.509. The molecule has 1 rings (SSSR count). The molecule has 2 nitrogen and oxygen atoms in total. The van der Waals surface area contributed by atoms with Gasteiger partial charge in [0.15, 0.2) is 16.9 Å². The molecule has 0 N–H and O–H groups in total. The molecule has 13 heavy (non-hydrogen) atoms. The van der Waals surface area contributed by atoms with Crippen LogP contribution >= 0.6 is 11.6 Å². The van der Waals surface area contributed by atoms with Gasteiger partial charge < -0.3 is 0 Å². The smallest absolute Gasteiger partial charge is 0.158 e. The van der Waals surface area contributed by atoms with Crippen molar-refractivity contribution in [2.45, 2.75) is 44.9 Å². The summed E-state index contributed by atoms with van der Waals surface area (Å²) in [4.78, 5) is 22.8. The van der Waals surface area contributed by atoms with Crippen LogP contribution in [0.5, 0.6) is 0 Å². The monoisotopic (exact) mass is 202 g/mol. The zero-order valence-electron chi connectivity index (χ0n) is 8.10. The summed E-state index contributed by atoms with van der Waals surface area (Å²) < 4.78 is 0. The Balaban J connectivity index is 2.83. The largest absolute Gasteiger partial charge is 0.298 e. The van der Waals surface area contributed by atoms with Crippen LogP contribution in [-0.2, 0) is 9.59 Å². The Labute approximate surface area is 83.6 Å². The molecule has 0 atom stereocenters. The van der Waals surface area contributed by atoms with Crippen LogP contribution in [0.25, 0.3) is 0 Å². The number of halogens is 1. The van der Waals surface area contributed by atoms with Crippen LogP contribution in [0.2, 0.25) is 0 Å². The number of carbonyl (C=O) groups is 2. The van der Waals surface area contributed by atoms with Crippen molar-refractivity contribution in [3.05, 3.63) is 0 Å². The Morgan fingerprint density at radius 2 is 1.62 bits per heavy atom. The van der Waals surface area contributed by atoms with Crippen LogP contribution in [0.4, 0.5) is 0 Å². The highest BCUT2D eigenvalue weighted by molar-refractivity contribution is 6.42. The van der Waals surface area contributed by atoms with Gasteiger partial charge in [0.25, 0.3) is 0 Å². The standard InChI is InChI=1S/C10H15ClO2/c1-3-10(4-2)5-7(12)9(11)8(13)6-10/h9H,3-6H2,1-2H3. The molecule has 1 aliphatic rings. The van der Waals surface area contributed by atoms with E-state index >= 15 is 0 Å². The van der Waals surface area contributed by atoms with Crippen molar-refractivity contribution in [3.63, 3.8) is 0 Å². The van der Waals surface area contributed by atoms with Crippen molar-refractivity contribution < 1.29 is 9.59 Å². The molecular formula is C10H15ClO2. The minimum absolute atomic E-state index is 0.0957. The molecular weight excluding hydrogens is 188 g/mol. The van der Waals surface area contributed by atoms with Gasteiger partial charge in [-0.2, -0.15) is 0 Å². The van der Waals surface area contributed by atoms with Crippen molar-refractivity contribution in [1.29, 1.82) is 0 Å². The molecule has 0 aliphatic heterocycles. The normalized spacial score (nSPS) is 23.6. The molecule has 1 fully saturated rings. The molecule has 1 saturated carbocycles. The highest BCUT2D eigenvalue weighted by Crippen LogP contribution is 2.40. The minimum Gasteiger partial charge on any atom is -0.298 e. The zero-order chi connectivity index (χ0) is 10.1. The van der Waals surface area contributed by atoms with E-state index in [1.807, 2.05) is 13.8 Å². The summed E-state index contributed by atoms with van der Waals surface area (Å²) in [6.45, 7) is 4.05. The van der Waals surface area contributed by atoms with E-state index in [9.17, 15) is 9.59 Å². The first-order valence-electron chi connectivity index (χ1n) is 4.74. The fraction of sp³-hybridized carbons (Fsp3) is 0.800. The van der Waals surface area contributed by atoms with Gasteiger partial charge in [-0.25, -0.2) is 0 Å². The van der Waals surface area contributed by atoms with E-state index in [0.717, 1.165) is 12.8 Å². The molecule has 0 spiro atoms. The van der Waals surface area contributed by atoms with Crippen molar-refractivity contribution in [2.24, 2.45) is 5.41 Å². The average molecular weight is 203 g/mol. The Bertz CT molecular complexity index is 211. The second-order valence-electron chi connectivity index (χ2n) is 3.86. The van der Waals surface area contributed by atoms with E-state index in [1.165, 1.54) is 0 Å². The van der Waals surface area contributed by atoms with Gasteiger partial charge in [0.05, 0.1) is 0 Å². The molecule has 0 aromatic rings. The first kappa shape index (κ1) is 10.7. The van der Waals surface area contributed by atoms with Gasteiger partial charge in [-0.05, 0) is 18.3 Å². The Hall–Kier alpha value is -0.370. The maximum absolute atomic E-state index is 11.4. The topological polar surface area (TPSA) is 34.1 Å². The maximum atomic E-state index is 11.4. The van der Waals surface area contributed by atoms with Gasteiger partial charge in [0.2, 0.25) is 0 Å². The highest BCUT2D eigenvalue weighted by atomic mass is 35.5. The summed E-state index contributed by atoms with van der Waals surface area (Å²) >= 11 is 5.66. The fourth-order valence-corrected chi connectivity index (χ4v) is 2.06. The third-order valence-corrected chi connectivity index (χ3v) is 3.65. The van der Waals surface area contributed by atoms with Crippen LogP contribution in [-0.4, -0.2) is 16.9 Å². The van der Waals surface area contributed by atoms with Gasteiger partial charge in [-0.15, -0.1) is 11.6 Å². The molecule has 0 unspecified atom stereocenters. The molecule has 0 aromatic carbocycles. The molecule has 0 aromatic heterocycles. The van der Waals surface area contributed by atoms with Crippen LogP contribution in [0.15, 0.2) is 0 Å². The van der Waals surface area contributed by atoms with E-state index in [0.29, 0.717) is 12.8 Å². The number of hydrogen-bond donors (Lipinski definition) is 0. The van der Waals surface area contributed by atoms with Crippen molar-refractivity contribution >= 4 is 23.2 Å². The number of hydrogen-bond acceptors (Lipinski definition) is 2. The second-order valence-corrected chi connectivity index (χ2v) is 4.29. The predicted octanol–water partition coefficient (Wildman–Crippen LogP) is 2.33. The molecule has 1 aliphatic carbocycles. The molecule has 0 amide bonds.